The molecule has 1 aliphatic heterocycles. The Morgan fingerprint density at radius 1 is 0.941 bits per heavy atom. The SMILES string of the molecule is NC1CCC(C2=[NH+]C3CCC(N)CC3N2)CC1. The topological polar surface area (TPSA) is 78.0 Å². The number of nitrogens with two attached hydrogens (primary N) is 2. The molecule has 2 fully saturated rings. The minimum atomic E-state index is 0.393. The van der Waals surface area contributed by atoms with E-state index in [0.717, 1.165) is 6.42 Å². The van der Waals surface area contributed by atoms with Crippen LogP contribution in [0.15, 0.2) is 0 Å². The van der Waals surface area contributed by atoms with Crippen LogP contribution in [0.1, 0.15) is 44.9 Å². The molecule has 96 valence electrons. The van der Waals surface area contributed by atoms with E-state index in [1.807, 2.05) is 0 Å². The van der Waals surface area contributed by atoms with Crippen molar-refractivity contribution in [1.29, 1.82) is 0 Å². The summed E-state index contributed by atoms with van der Waals surface area (Å²) in [4.78, 5) is 3.71. The molecule has 0 amide bonds. The van der Waals surface area contributed by atoms with Gasteiger partial charge in [0.1, 0.15) is 12.1 Å². The maximum atomic E-state index is 6.04. The fraction of sp³-hybridized carbons (Fsp3) is 0.923. The van der Waals surface area contributed by atoms with E-state index in [1.54, 1.807) is 0 Å². The second-order valence-electron chi connectivity index (χ2n) is 6.10. The average molecular weight is 237 g/mol. The van der Waals surface area contributed by atoms with E-state index >= 15 is 0 Å². The molecule has 2 aliphatic carbocycles. The highest BCUT2D eigenvalue weighted by molar-refractivity contribution is 5.80. The molecule has 4 heteroatoms. The zero-order valence-corrected chi connectivity index (χ0v) is 10.5. The number of hydrogen-bond donors (Lipinski definition) is 4. The van der Waals surface area contributed by atoms with Gasteiger partial charge in [-0.05, 0) is 38.5 Å². The van der Waals surface area contributed by atoms with Crippen molar-refractivity contribution >= 4 is 5.84 Å². The standard InChI is InChI=1S/C13H24N4/c14-9-3-1-8(2-4-9)13-16-11-6-5-10(15)7-12(11)17-13/h8-12H,1-7,14-15H2,(H,16,17)/p+1. The average Bonchev–Trinajstić information content (AvgIpc) is 2.72. The van der Waals surface area contributed by atoms with Gasteiger partial charge >= 0.3 is 0 Å². The van der Waals surface area contributed by atoms with Crippen molar-refractivity contribution in [2.45, 2.75) is 69.1 Å². The first-order chi connectivity index (χ1) is 8.22. The van der Waals surface area contributed by atoms with Crippen LogP contribution in [0.4, 0.5) is 0 Å². The number of amidine groups is 1. The van der Waals surface area contributed by atoms with Crippen LogP contribution in [-0.4, -0.2) is 30.0 Å². The molecule has 0 aromatic carbocycles. The van der Waals surface area contributed by atoms with Gasteiger partial charge in [0.2, 0.25) is 5.84 Å². The lowest BCUT2D eigenvalue weighted by atomic mass is 9.85. The molecular weight excluding hydrogens is 212 g/mol. The Morgan fingerprint density at radius 3 is 2.41 bits per heavy atom. The van der Waals surface area contributed by atoms with Crippen LogP contribution in [0.25, 0.3) is 0 Å². The lowest BCUT2D eigenvalue weighted by Crippen LogP contribution is -2.79. The van der Waals surface area contributed by atoms with E-state index in [-0.39, 0.29) is 0 Å². The fourth-order valence-corrected chi connectivity index (χ4v) is 3.62. The van der Waals surface area contributed by atoms with Gasteiger partial charge in [-0.25, -0.2) is 0 Å². The Labute approximate surface area is 103 Å². The highest BCUT2D eigenvalue weighted by Gasteiger charge is 2.42. The van der Waals surface area contributed by atoms with E-state index in [4.69, 9.17) is 11.5 Å². The van der Waals surface area contributed by atoms with Gasteiger partial charge in [-0.1, -0.05) is 0 Å². The van der Waals surface area contributed by atoms with Crippen molar-refractivity contribution in [3.63, 3.8) is 0 Å². The first-order valence-electron chi connectivity index (χ1n) is 7.13. The van der Waals surface area contributed by atoms with Crippen molar-refractivity contribution in [2.75, 3.05) is 0 Å². The summed E-state index contributed by atoms with van der Waals surface area (Å²) in [6.45, 7) is 0. The molecule has 3 atom stereocenters. The maximum absolute atomic E-state index is 6.04. The molecular formula is C13H25N4+. The lowest BCUT2D eigenvalue weighted by molar-refractivity contribution is -0.501. The predicted octanol–water partition coefficient (Wildman–Crippen LogP) is -1.17. The molecule has 6 N–H and O–H groups in total. The van der Waals surface area contributed by atoms with Gasteiger partial charge in [0, 0.05) is 18.5 Å². The van der Waals surface area contributed by atoms with Crippen LogP contribution in [0.2, 0.25) is 0 Å². The van der Waals surface area contributed by atoms with E-state index in [1.165, 1.54) is 44.4 Å². The van der Waals surface area contributed by atoms with Gasteiger partial charge in [-0.2, -0.15) is 0 Å². The molecule has 3 unspecified atom stereocenters. The molecule has 2 saturated carbocycles. The number of hydrogen-bond acceptors (Lipinski definition) is 3. The van der Waals surface area contributed by atoms with E-state index < -0.39 is 0 Å². The van der Waals surface area contributed by atoms with Gasteiger partial charge in [0.15, 0.2) is 0 Å². The molecule has 0 saturated heterocycles. The van der Waals surface area contributed by atoms with Crippen molar-refractivity contribution in [1.82, 2.24) is 5.32 Å². The van der Waals surface area contributed by atoms with Crippen LogP contribution < -0.4 is 21.8 Å². The Bertz CT molecular complexity index is 307. The minimum Gasteiger partial charge on any atom is -0.328 e. The first kappa shape index (κ1) is 11.5. The van der Waals surface area contributed by atoms with Crippen molar-refractivity contribution in [3.8, 4) is 0 Å². The van der Waals surface area contributed by atoms with Crippen LogP contribution in [-0.2, 0) is 0 Å². The van der Waals surface area contributed by atoms with Crippen LogP contribution in [0.3, 0.4) is 0 Å². The largest absolute Gasteiger partial charge is 0.328 e. The second kappa shape index (κ2) is 4.58. The van der Waals surface area contributed by atoms with Gasteiger partial charge < -0.3 is 11.5 Å². The van der Waals surface area contributed by atoms with Crippen LogP contribution >= 0.6 is 0 Å². The summed E-state index contributed by atoms with van der Waals surface area (Å²) in [5, 5.41) is 3.69. The molecule has 4 nitrogen and oxygen atoms in total. The Hall–Kier alpha value is -0.610. The quantitative estimate of drug-likeness (QED) is 0.464. The van der Waals surface area contributed by atoms with E-state index in [2.05, 4.69) is 10.3 Å². The zero-order valence-electron chi connectivity index (χ0n) is 10.5. The molecule has 0 bridgehead atoms. The van der Waals surface area contributed by atoms with Gasteiger partial charge in [0.25, 0.3) is 0 Å². The normalized spacial score (nSPS) is 46.0. The summed E-state index contributed by atoms with van der Waals surface area (Å²) in [5.74, 6) is 2.08. The number of fused-ring (bicyclic) bond motifs is 1. The molecule has 0 aromatic heterocycles. The minimum absolute atomic E-state index is 0.393. The van der Waals surface area contributed by atoms with Crippen molar-refractivity contribution in [3.05, 3.63) is 0 Å². The zero-order chi connectivity index (χ0) is 11.8. The third kappa shape index (κ3) is 2.33. The summed E-state index contributed by atoms with van der Waals surface area (Å²) < 4.78 is 0. The Kier molecular flexibility index (Phi) is 3.09. The van der Waals surface area contributed by atoms with Crippen molar-refractivity contribution < 1.29 is 4.99 Å². The molecule has 3 rings (SSSR count). The highest BCUT2D eigenvalue weighted by Crippen LogP contribution is 2.25. The van der Waals surface area contributed by atoms with Gasteiger partial charge in [-0.3, -0.25) is 10.3 Å². The van der Waals surface area contributed by atoms with E-state index in [9.17, 15) is 0 Å². The predicted molar refractivity (Wildman–Crippen MR) is 68.4 cm³/mol. The molecule has 0 spiro atoms. The highest BCUT2D eigenvalue weighted by atomic mass is 15.1. The Morgan fingerprint density at radius 2 is 1.65 bits per heavy atom. The van der Waals surface area contributed by atoms with Gasteiger partial charge in [-0.15, -0.1) is 0 Å². The summed E-state index contributed by atoms with van der Waals surface area (Å²) in [7, 11) is 0. The Balaban J connectivity index is 1.62. The van der Waals surface area contributed by atoms with E-state index in [0.29, 0.717) is 30.1 Å². The summed E-state index contributed by atoms with van der Waals surface area (Å²) in [5.41, 5.74) is 12.0. The van der Waals surface area contributed by atoms with Crippen LogP contribution in [0, 0.1) is 5.92 Å². The maximum Gasteiger partial charge on any atom is 0.246 e. The summed E-state index contributed by atoms with van der Waals surface area (Å²) in [6, 6.07) is 2.03. The smallest absolute Gasteiger partial charge is 0.246 e. The summed E-state index contributed by atoms with van der Waals surface area (Å²) in [6.07, 6.45) is 8.32. The fourth-order valence-electron chi connectivity index (χ4n) is 3.62. The molecule has 17 heavy (non-hydrogen) atoms. The summed E-state index contributed by atoms with van der Waals surface area (Å²) >= 11 is 0. The molecule has 0 radical (unpaired) electrons. The second-order valence-corrected chi connectivity index (χ2v) is 6.10. The van der Waals surface area contributed by atoms with Crippen LogP contribution in [0.5, 0.6) is 0 Å². The molecule has 1 heterocycles. The molecule has 3 aliphatic rings. The number of nitrogens with one attached hydrogen (secondary N) is 2. The third-order valence-electron chi connectivity index (χ3n) is 4.75. The molecule has 0 aromatic rings. The monoisotopic (exact) mass is 237 g/mol. The van der Waals surface area contributed by atoms with Crippen molar-refractivity contribution in [2.24, 2.45) is 17.4 Å². The van der Waals surface area contributed by atoms with Gasteiger partial charge in [0.05, 0.1) is 5.92 Å². The lowest BCUT2D eigenvalue weighted by Gasteiger charge is -2.25. The third-order valence-corrected chi connectivity index (χ3v) is 4.75. The first-order valence-corrected chi connectivity index (χ1v) is 7.13. The number of rotatable bonds is 1.